The van der Waals surface area contributed by atoms with Crippen molar-refractivity contribution in [2.75, 3.05) is 13.1 Å². The number of aromatic nitrogens is 3. The second kappa shape index (κ2) is 7.53. The maximum absolute atomic E-state index is 6.05. The fourth-order valence-electron chi connectivity index (χ4n) is 3.19. The zero-order chi connectivity index (χ0) is 18.8. The molecular formula is C21H18N4O2S. The van der Waals surface area contributed by atoms with Crippen molar-refractivity contribution in [3.63, 3.8) is 0 Å². The van der Waals surface area contributed by atoms with Gasteiger partial charge in [0.25, 0.3) is 5.89 Å². The summed E-state index contributed by atoms with van der Waals surface area (Å²) >= 11 is 1.74. The Morgan fingerprint density at radius 2 is 1.86 bits per heavy atom. The smallest absolute Gasteiger partial charge is 0.258 e. The van der Waals surface area contributed by atoms with Crippen molar-refractivity contribution in [1.29, 1.82) is 0 Å². The van der Waals surface area contributed by atoms with Gasteiger partial charge < -0.3 is 9.26 Å². The van der Waals surface area contributed by atoms with E-state index in [1.54, 1.807) is 23.7 Å². The van der Waals surface area contributed by atoms with E-state index >= 15 is 0 Å². The molecule has 7 heteroatoms. The van der Waals surface area contributed by atoms with E-state index in [0.29, 0.717) is 11.7 Å². The number of rotatable bonds is 6. The zero-order valence-electron chi connectivity index (χ0n) is 15.1. The van der Waals surface area contributed by atoms with E-state index in [0.717, 1.165) is 36.5 Å². The third-order valence-corrected chi connectivity index (χ3v) is 5.41. The Bertz CT molecular complexity index is 1030. The van der Waals surface area contributed by atoms with E-state index in [9.17, 15) is 0 Å². The number of ether oxygens (including phenoxy) is 1. The minimum atomic E-state index is 0.243. The third-order valence-electron chi connectivity index (χ3n) is 4.68. The topological polar surface area (TPSA) is 64.3 Å². The van der Waals surface area contributed by atoms with Gasteiger partial charge in [-0.05, 0) is 58.8 Å². The standard InChI is InChI=1S/C21H18N4O2S/c1-3-18(26-19-12-25(13-19)11-15-7-10-28-14-15)4-2-16(1)20-23-21(27-24-20)17-5-8-22-9-6-17/h1-10,14,19H,11-13H2. The average Bonchev–Trinajstić information content (AvgIpc) is 3.40. The van der Waals surface area contributed by atoms with Crippen LogP contribution in [0.5, 0.6) is 5.75 Å². The molecule has 0 aliphatic carbocycles. The SMILES string of the molecule is c1cc(-c2nc(-c3ccc(OC4CN(Cc5ccsc5)C4)cc3)no2)ccn1. The molecule has 0 amide bonds. The van der Waals surface area contributed by atoms with Crippen LogP contribution in [0.2, 0.25) is 0 Å². The van der Waals surface area contributed by atoms with Gasteiger partial charge in [0, 0.05) is 43.2 Å². The molecule has 1 fully saturated rings. The fourth-order valence-corrected chi connectivity index (χ4v) is 3.85. The summed E-state index contributed by atoms with van der Waals surface area (Å²) in [4.78, 5) is 10.8. The molecule has 1 aliphatic heterocycles. The lowest BCUT2D eigenvalue weighted by molar-refractivity contribution is 0.0146. The van der Waals surface area contributed by atoms with Crippen molar-refractivity contribution >= 4 is 11.3 Å². The molecule has 0 unspecified atom stereocenters. The predicted molar refractivity (Wildman–Crippen MR) is 107 cm³/mol. The molecule has 6 nitrogen and oxygen atoms in total. The van der Waals surface area contributed by atoms with Crippen LogP contribution in [0, 0.1) is 0 Å². The van der Waals surface area contributed by atoms with Crippen molar-refractivity contribution < 1.29 is 9.26 Å². The molecule has 5 rings (SSSR count). The second-order valence-electron chi connectivity index (χ2n) is 6.75. The third kappa shape index (κ3) is 3.67. The lowest BCUT2D eigenvalue weighted by Crippen LogP contribution is -2.52. The van der Waals surface area contributed by atoms with Gasteiger partial charge in [-0.1, -0.05) is 5.16 Å². The van der Waals surface area contributed by atoms with Gasteiger partial charge in [-0.3, -0.25) is 9.88 Å². The molecule has 140 valence electrons. The van der Waals surface area contributed by atoms with Crippen molar-refractivity contribution in [2.24, 2.45) is 0 Å². The lowest BCUT2D eigenvalue weighted by atomic mass is 10.1. The maximum Gasteiger partial charge on any atom is 0.258 e. The molecule has 0 atom stereocenters. The van der Waals surface area contributed by atoms with Crippen LogP contribution in [0.25, 0.3) is 22.8 Å². The van der Waals surface area contributed by atoms with Crippen LogP contribution in [0.3, 0.4) is 0 Å². The first-order valence-corrected chi connectivity index (χ1v) is 10.0. The summed E-state index contributed by atoms with van der Waals surface area (Å²) in [6, 6.07) is 13.7. The largest absolute Gasteiger partial charge is 0.488 e. The second-order valence-corrected chi connectivity index (χ2v) is 7.53. The first kappa shape index (κ1) is 17.1. The van der Waals surface area contributed by atoms with E-state index in [2.05, 4.69) is 36.9 Å². The molecule has 0 radical (unpaired) electrons. The highest BCUT2D eigenvalue weighted by atomic mass is 32.1. The van der Waals surface area contributed by atoms with E-state index in [-0.39, 0.29) is 6.10 Å². The summed E-state index contributed by atoms with van der Waals surface area (Å²) in [5.41, 5.74) is 3.12. The number of hydrogen-bond acceptors (Lipinski definition) is 7. The van der Waals surface area contributed by atoms with Crippen LogP contribution < -0.4 is 4.74 Å². The van der Waals surface area contributed by atoms with Crippen LogP contribution in [0.4, 0.5) is 0 Å². The number of thiophene rings is 1. The van der Waals surface area contributed by atoms with Gasteiger partial charge >= 0.3 is 0 Å². The summed E-state index contributed by atoms with van der Waals surface area (Å²) < 4.78 is 11.4. The number of nitrogens with zero attached hydrogens (tertiary/aromatic N) is 4. The molecule has 0 bridgehead atoms. The molecule has 3 aromatic heterocycles. The minimum Gasteiger partial charge on any atom is -0.488 e. The van der Waals surface area contributed by atoms with Crippen LogP contribution in [-0.2, 0) is 6.54 Å². The molecular weight excluding hydrogens is 372 g/mol. The highest BCUT2D eigenvalue weighted by molar-refractivity contribution is 7.07. The zero-order valence-corrected chi connectivity index (χ0v) is 15.9. The highest BCUT2D eigenvalue weighted by Gasteiger charge is 2.28. The minimum absolute atomic E-state index is 0.243. The summed E-state index contributed by atoms with van der Waals surface area (Å²) in [5.74, 6) is 1.91. The summed E-state index contributed by atoms with van der Waals surface area (Å²) in [6.45, 7) is 2.91. The van der Waals surface area contributed by atoms with Gasteiger partial charge in [-0.15, -0.1) is 0 Å². The van der Waals surface area contributed by atoms with Crippen LogP contribution in [-0.4, -0.2) is 39.2 Å². The Morgan fingerprint density at radius 1 is 1.04 bits per heavy atom. The molecule has 0 spiro atoms. The monoisotopic (exact) mass is 390 g/mol. The number of likely N-dealkylation sites (tertiary alicyclic amines) is 1. The first-order valence-electron chi connectivity index (χ1n) is 9.08. The molecule has 0 N–H and O–H groups in total. The molecule has 1 aliphatic rings. The number of benzene rings is 1. The molecule has 28 heavy (non-hydrogen) atoms. The Labute approximate surface area is 166 Å². The Kier molecular flexibility index (Phi) is 4.60. The van der Waals surface area contributed by atoms with E-state index in [1.807, 2.05) is 36.4 Å². The number of pyridine rings is 1. The molecule has 1 aromatic carbocycles. The predicted octanol–water partition coefficient (Wildman–Crippen LogP) is 4.12. The van der Waals surface area contributed by atoms with Gasteiger partial charge in [0.15, 0.2) is 0 Å². The van der Waals surface area contributed by atoms with E-state index in [4.69, 9.17) is 9.26 Å². The Morgan fingerprint density at radius 3 is 2.61 bits per heavy atom. The Balaban J connectivity index is 1.18. The molecule has 1 saturated heterocycles. The molecule has 4 aromatic rings. The van der Waals surface area contributed by atoms with Crippen LogP contribution >= 0.6 is 11.3 Å². The van der Waals surface area contributed by atoms with Gasteiger partial charge in [-0.25, -0.2) is 0 Å². The first-order chi connectivity index (χ1) is 13.8. The number of hydrogen-bond donors (Lipinski definition) is 0. The van der Waals surface area contributed by atoms with Gasteiger partial charge in [-0.2, -0.15) is 16.3 Å². The fraction of sp³-hybridized carbons (Fsp3) is 0.190. The lowest BCUT2D eigenvalue weighted by Gasteiger charge is -2.38. The molecule has 4 heterocycles. The van der Waals surface area contributed by atoms with Crippen molar-refractivity contribution in [3.8, 4) is 28.6 Å². The van der Waals surface area contributed by atoms with Crippen molar-refractivity contribution in [2.45, 2.75) is 12.6 Å². The van der Waals surface area contributed by atoms with Gasteiger partial charge in [0.2, 0.25) is 5.82 Å². The van der Waals surface area contributed by atoms with E-state index < -0.39 is 0 Å². The molecule has 0 saturated carbocycles. The maximum atomic E-state index is 6.05. The quantitative estimate of drug-likeness (QED) is 0.493. The van der Waals surface area contributed by atoms with Gasteiger partial charge in [0.1, 0.15) is 11.9 Å². The van der Waals surface area contributed by atoms with E-state index in [1.165, 1.54) is 5.56 Å². The highest BCUT2D eigenvalue weighted by Crippen LogP contribution is 2.25. The normalized spacial score (nSPS) is 14.7. The Hall–Kier alpha value is -3.03. The van der Waals surface area contributed by atoms with Crippen molar-refractivity contribution in [3.05, 3.63) is 71.2 Å². The van der Waals surface area contributed by atoms with Gasteiger partial charge in [0.05, 0.1) is 0 Å². The summed E-state index contributed by atoms with van der Waals surface area (Å²) in [6.07, 6.45) is 3.65. The summed E-state index contributed by atoms with van der Waals surface area (Å²) in [7, 11) is 0. The van der Waals surface area contributed by atoms with Crippen LogP contribution in [0.15, 0.2) is 70.1 Å². The summed E-state index contributed by atoms with van der Waals surface area (Å²) in [5, 5.41) is 8.39. The average molecular weight is 390 g/mol. The van der Waals surface area contributed by atoms with Crippen molar-refractivity contribution in [1.82, 2.24) is 20.0 Å². The van der Waals surface area contributed by atoms with Crippen LogP contribution in [0.1, 0.15) is 5.56 Å².